The monoisotopic (exact) mass is 354 g/mol. The number of ether oxygens (including phenoxy) is 2. The minimum absolute atomic E-state index is 0.482. The molecule has 0 atom stereocenters. The highest BCUT2D eigenvalue weighted by Crippen LogP contribution is 2.17. The van der Waals surface area contributed by atoms with E-state index in [-0.39, 0.29) is 0 Å². The fourth-order valence-electron chi connectivity index (χ4n) is 2.26. The lowest BCUT2D eigenvalue weighted by Crippen LogP contribution is -2.36. The van der Waals surface area contributed by atoms with Crippen molar-refractivity contribution in [1.82, 2.24) is 15.6 Å². The molecule has 2 aromatic rings. The van der Waals surface area contributed by atoms with E-state index in [0.29, 0.717) is 25.6 Å². The standard InChI is InChI=1S/C20H26N4O2/c1-4-12-26-18-9-7-6-8-17(18)15-24-20(21-5-2)23-14-16-10-11-19(25-3)22-13-16/h4,6-11,13H,1,5,12,14-15H2,2-3H3,(H2,21,23,24). The van der Waals surface area contributed by atoms with Gasteiger partial charge in [-0.05, 0) is 18.6 Å². The van der Waals surface area contributed by atoms with E-state index in [1.54, 1.807) is 19.4 Å². The SMILES string of the molecule is C=CCOc1ccccc1CNC(=NCc1ccc(OC)nc1)NCC. The third-order valence-corrected chi connectivity index (χ3v) is 3.55. The molecule has 26 heavy (non-hydrogen) atoms. The van der Waals surface area contributed by atoms with Crippen LogP contribution < -0.4 is 20.1 Å². The van der Waals surface area contributed by atoms with Crippen molar-refractivity contribution in [2.24, 2.45) is 4.99 Å². The Balaban J connectivity index is 1.99. The van der Waals surface area contributed by atoms with Gasteiger partial charge in [0.25, 0.3) is 0 Å². The van der Waals surface area contributed by atoms with Crippen molar-refractivity contribution in [3.8, 4) is 11.6 Å². The first-order chi connectivity index (χ1) is 12.8. The highest BCUT2D eigenvalue weighted by atomic mass is 16.5. The van der Waals surface area contributed by atoms with E-state index in [1.165, 1.54) is 0 Å². The predicted molar refractivity (Wildman–Crippen MR) is 105 cm³/mol. The summed E-state index contributed by atoms with van der Waals surface area (Å²) in [5.74, 6) is 2.18. The number of aromatic nitrogens is 1. The molecule has 0 saturated heterocycles. The van der Waals surface area contributed by atoms with Crippen molar-refractivity contribution in [3.05, 3.63) is 66.4 Å². The normalized spacial score (nSPS) is 10.9. The molecule has 0 aliphatic heterocycles. The van der Waals surface area contributed by atoms with Gasteiger partial charge in [0.15, 0.2) is 5.96 Å². The lowest BCUT2D eigenvalue weighted by molar-refractivity contribution is 0.358. The molecule has 0 spiro atoms. The molecule has 1 aromatic heterocycles. The summed E-state index contributed by atoms with van der Waals surface area (Å²) in [6, 6.07) is 11.7. The topological polar surface area (TPSA) is 67.8 Å². The number of guanidine groups is 1. The molecule has 0 amide bonds. The van der Waals surface area contributed by atoms with Crippen LogP contribution in [0.5, 0.6) is 11.6 Å². The fourth-order valence-corrected chi connectivity index (χ4v) is 2.26. The second-order valence-electron chi connectivity index (χ2n) is 5.46. The minimum atomic E-state index is 0.482. The van der Waals surface area contributed by atoms with Crippen LogP contribution in [-0.4, -0.2) is 31.2 Å². The average molecular weight is 354 g/mol. The Labute approximate surface area is 155 Å². The first kappa shape index (κ1) is 19.3. The lowest BCUT2D eigenvalue weighted by atomic mass is 10.2. The number of hydrogen-bond donors (Lipinski definition) is 2. The van der Waals surface area contributed by atoms with Gasteiger partial charge in [0, 0.05) is 30.9 Å². The van der Waals surface area contributed by atoms with Gasteiger partial charge >= 0.3 is 0 Å². The zero-order valence-electron chi connectivity index (χ0n) is 15.4. The van der Waals surface area contributed by atoms with E-state index in [4.69, 9.17) is 9.47 Å². The molecule has 0 aliphatic rings. The summed E-state index contributed by atoms with van der Waals surface area (Å²) in [5, 5.41) is 6.58. The van der Waals surface area contributed by atoms with Gasteiger partial charge in [-0.25, -0.2) is 9.98 Å². The summed E-state index contributed by atoms with van der Waals surface area (Å²) in [6.07, 6.45) is 3.50. The van der Waals surface area contributed by atoms with Gasteiger partial charge in [0.2, 0.25) is 5.88 Å². The zero-order valence-corrected chi connectivity index (χ0v) is 15.4. The fraction of sp³-hybridized carbons (Fsp3) is 0.300. The first-order valence-corrected chi connectivity index (χ1v) is 8.59. The Kier molecular flexibility index (Phi) is 7.99. The van der Waals surface area contributed by atoms with E-state index in [9.17, 15) is 0 Å². The molecule has 1 aromatic carbocycles. The third-order valence-electron chi connectivity index (χ3n) is 3.55. The van der Waals surface area contributed by atoms with Crippen LogP contribution in [0.3, 0.4) is 0 Å². The summed E-state index contributed by atoms with van der Waals surface area (Å²) >= 11 is 0. The molecule has 138 valence electrons. The maximum absolute atomic E-state index is 5.69. The number of para-hydroxylation sites is 1. The molecule has 2 N–H and O–H groups in total. The summed E-state index contributed by atoms with van der Waals surface area (Å²) in [5.41, 5.74) is 2.07. The highest BCUT2D eigenvalue weighted by molar-refractivity contribution is 5.79. The molecule has 0 aliphatic carbocycles. The molecule has 0 saturated carbocycles. The van der Waals surface area contributed by atoms with E-state index in [1.807, 2.05) is 43.3 Å². The van der Waals surface area contributed by atoms with Crippen molar-refractivity contribution in [1.29, 1.82) is 0 Å². The smallest absolute Gasteiger partial charge is 0.212 e. The lowest BCUT2D eigenvalue weighted by Gasteiger charge is -2.14. The van der Waals surface area contributed by atoms with Crippen LogP contribution in [0.25, 0.3) is 0 Å². The van der Waals surface area contributed by atoms with Crippen molar-refractivity contribution in [2.75, 3.05) is 20.3 Å². The van der Waals surface area contributed by atoms with Crippen LogP contribution in [0.15, 0.2) is 60.2 Å². The Hall–Kier alpha value is -3.02. The molecular formula is C20H26N4O2. The molecule has 6 heteroatoms. The number of aliphatic imine (C=N–C) groups is 1. The molecule has 1 heterocycles. The van der Waals surface area contributed by atoms with Gasteiger partial charge in [0.1, 0.15) is 12.4 Å². The van der Waals surface area contributed by atoms with Crippen LogP contribution in [0.4, 0.5) is 0 Å². The quantitative estimate of drug-likeness (QED) is 0.412. The van der Waals surface area contributed by atoms with Crippen molar-refractivity contribution >= 4 is 5.96 Å². The third kappa shape index (κ3) is 6.12. The number of hydrogen-bond acceptors (Lipinski definition) is 4. The highest BCUT2D eigenvalue weighted by Gasteiger charge is 2.04. The Morgan fingerprint density at radius 3 is 2.77 bits per heavy atom. The maximum Gasteiger partial charge on any atom is 0.212 e. The van der Waals surface area contributed by atoms with Gasteiger partial charge in [0.05, 0.1) is 13.7 Å². The van der Waals surface area contributed by atoms with Crippen molar-refractivity contribution < 1.29 is 9.47 Å². The Morgan fingerprint density at radius 1 is 1.23 bits per heavy atom. The van der Waals surface area contributed by atoms with E-state index in [2.05, 4.69) is 27.2 Å². The summed E-state index contributed by atoms with van der Waals surface area (Å²) in [7, 11) is 1.60. The first-order valence-electron chi connectivity index (χ1n) is 8.59. The molecule has 2 rings (SSSR count). The summed E-state index contributed by atoms with van der Waals surface area (Å²) in [6.45, 7) is 8.12. The summed E-state index contributed by atoms with van der Waals surface area (Å²) < 4.78 is 10.8. The van der Waals surface area contributed by atoms with Crippen LogP contribution in [0, 0.1) is 0 Å². The van der Waals surface area contributed by atoms with Crippen LogP contribution in [0.2, 0.25) is 0 Å². The molecule has 0 fully saturated rings. The van der Waals surface area contributed by atoms with Gasteiger partial charge in [-0.15, -0.1) is 0 Å². The number of benzene rings is 1. The Bertz CT molecular complexity index is 714. The van der Waals surface area contributed by atoms with E-state index < -0.39 is 0 Å². The van der Waals surface area contributed by atoms with Gasteiger partial charge in [-0.3, -0.25) is 0 Å². The average Bonchev–Trinajstić information content (AvgIpc) is 2.69. The van der Waals surface area contributed by atoms with Crippen molar-refractivity contribution in [2.45, 2.75) is 20.0 Å². The number of methoxy groups -OCH3 is 1. The molecule has 0 unspecified atom stereocenters. The molecule has 0 bridgehead atoms. The number of pyridine rings is 1. The van der Waals surface area contributed by atoms with Gasteiger partial charge in [-0.1, -0.05) is 36.9 Å². The Morgan fingerprint density at radius 2 is 2.08 bits per heavy atom. The maximum atomic E-state index is 5.69. The van der Waals surface area contributed by atoms with Gasteiger partial charge < -0.3 is 20.1 Å². The zero-order chi connectivity index (χ0) is 18.6. The van der Waals surface area contributed by atoms with Crippen LogP contribution >= 0.6 is 0 Å². The molecule has 6 nitrogen and oxygen atoms in total. The van der Waals surface area contributed by atoms with Crippen molar-refractivity contribution in [3.63, 3.8) is 0 Å². The second-order valence-corrected chi connectivity index (χ2v) is 5.46. The number of rotatable bonds is 9. The van der Waals surface area contributed by atoms with E-state index in [0.717, 1.165) is 29.4 Å². The molecule has 0 radical (unpaired) electrons. The minimum Gasteiger partial charge on any atom is -0.489 e. The number of nitrogens with one attached hydrogen (secondary N) is 2. The van der Waals surface area contributed by atoms with Gasteiger partial charge in [-0.2, -0.15) is 0 Å². The number of nitrogens with zero attached hydrogens (tertiary/aromatic N) is 2. The molecular weight excluding hydrogens is 328 g/mol. The summed E-state index contributed by atoms with van der Waals surface area (Å²) in [4.78, 5) is 8.80. The predicted octanol–water partition coefficient (Wildman–Crippen LogP) is 2.91. The second kappa shape index (κ2) is 10.8. The van der Waals surface area contributed by atoms with E-state index >= 15 is 0 Å². The van der Waals surface area contributed by atoms with Crippen LogP contribution in [-0.2, 0) is 13.1 Å². The van der Waals surface area contributed by atoms with Crippen LogP contribution in [0.1, 0.15) is 18.1 Å². The largest absolute Gasteiger partial charge is 0.489 e.